The van der Waals surface area contributed by atoms with Crippen LogP contribution in [0.3, 0.4) is 0 Å². The summed E-state index contributed by atoms with van der Waals surface area (Å²) in [4.78, 5) is 13.2. The molecule has 8 heteroatoms. The molecule has 31 heavy (non-hydrogen) atoms. The van der Waals surface area contributed by atoms with E-state index in [4.69, 9.17) is 0 Å². The summed E-state index contributed by atoms with van der Waals surface area (Å²) in [7, 11) is -3.50. The second-order valence-corrected chi connectivity index (χ2v) is 9.96. The van der Waals surface area contributed by atoms with Crippen molar-refractivity contribution in [3.63, 3.8) is 0 Å². The van der Waals surface area contributed by atoms with E-state index in [2.05, 4.69) is 5.10 Å². The van der Waals surface area contributed by atoms with Crippen LogP contribution in [0, 0.1) is 6.92 Å². The van der Waals surface area contributed by atoms with Crippen molar-refractivity contribution in [2.24, 2.45) is 0 Å². The van der Waals surface area contributed by atoms with Crippen LogP contribution in [0.4, 0.5) is 0 Å². The lowest BCUT2D eigenvalue weighted by Crippen LogP contribution is -2.38. The van der Waals surface area contributed by atoms with Crippen LogP contribution < -0.4 is 5.69 Å². The third kappa shape index (κ3) is 4.36. The van der Waals surface area contributed by atoms with E-state index in [1.54, 1.807) is 21.0 Å². The Hall–Kier alpha value is -2.71. The summed E-state index contributed by atoms with van der Waals surface area (Å²) >= 11 is 0. The molecule has 0 aliphatic carbocycles. The van der Waals surface area contributed by atoms with E-state index in [0.717, 1.165) is 17.0 Å². The zero-order valence-electron chi connectivity index (χ0n) is 17.9. The van der Waals surface area contributed by atoms with Crippen LogP contribution in [0.2, 0.25) is 0 Å². The van der Waals surface area contributed by atoms with Gasteiger partial charge >= 0.3 is 5.69 Å². The molecule has 2 aromatic carbocycles. The first-order chi connectivity index (χ1) is 14.9. The molecular weight excluding hydrogens is 412 g/mol. The minimum absolute atomic E-state index is 0.0640. The van der Waals surface area contributed by atoms with Crippen LogP contribution in [-0.2, 0) is 23.1 Å². The Morgan fingerprint density at radius 3 is 2.26 bits per heavy atom. The maximum atomic E-state index is 13.0. The van der Waals surface area contributed by atoms with Gasteiger partial charge in [-0.2, -0.15) is 9.40 Å². The highest BCUT2D eigenvalue weighted by atomic mass is 32.2. The number of aryl methyl sites for hydroxylation is 1. The summed E-state index contributed by atoms with van der Waals surface area (Å²) in [6.45, 7) is 5.70. The molecule has 7 nitrogen and oxygen atoms in total. The van der Waals surface area contributed by atoms with Crippen LogP contribution in [-0.4, -0.2) is 40.2 Å². The Morgan fingerprint density at radius 1 is 1.00 bits per heavy atom. The third-order valence-electron chi connectivity index (χ3n) is 5.92. The summed E-state index contributed by atoms with van der Waals surface area (Å²) in [6.07, 6.45) is 1.29. The van der Waals surface area contributed by atoms with Gasteiger partial charge in [0.05, 0.1) is 11.4 Å². The molecule has 0 atom stereocenters. The first kappa shape index (κ1) is 21.5. The molecule has 0 bridgehead atoms. The van der Waals surface area contributed by atoms with E-state index in [-0.39, 0.29) is 11.6 Å². The number of benzene rings is 2. The first-order valence-electron chi connectivity index (χ1n) is 10.7. The van der Waals surface area contributed by atoms with Crippen LogP contribution in [0.1, 0.15) is 42.6 Å². The monoisotopic (exact) mass is 440 g/mol. The maximum Gasteiger partial charge on any atom is 0.346 e. The summed E-state index contributed by atoms with van der Waals surface area (Å²) in [5.41, 5.74) is 1.94. The second kappa shape index (κ2) is 8.80. The largest absolute Gasteiger partial charge is 0.346 e. The lowest BCUT2D eigenvalue weighted by atomic mass is 9.97. The van der Waals surface area contributed by atoms with E-state index in [1.807, 2.05) is 56.3 Å². The Morgan fingerprint density at radius 2 is 1.65 bits per heavy atom. The van der Waals surface area contributed by atoms with Gasteiger partial charge in [-0.15, -0.1) is 0 Å². The second-order valence-electron chi connectivity index (χ2n) is 8.02. The fourth-order valence-electron chi connectivity index (χ4n) is 4.13. The number of hydrogen-bond acceptors (Lipinski definition) is 4. The minimum atomic E-state index is -3.50. The molecule has 1 fully saturated rings. The average molecular weight is 441 g/mol. The van der Waals surface area contributed by atoms with Crippen molar-refractivity contribution in [1.82, 2.24) is 18.7 Å². The summed E-state index contributed by atoms with van der Waals surface area (Å²) < 4.78 is 30.7. The predicted molar refractivity (Wildman–Crippen MR) is 120 cm³/mol. The van der Waals surface area contributed by atoms with Crippen molar-refractivity contribution >= 4 is 10.0 Å². The molecule has 4 rings (SSSR count). The topological polar surface area (TPSA) is 77.2 Å². The SMILES string of the molecule is CCn1c(C2CCN(S(=O)(=O)c3ccc(C)cc3)CC2)nn(Cc2ccccc2)c1=O. The number of piperidine rings is 1. The Balaban J connectivity index is 1.51. The number of rotatable bonds is 6. The summed E-state index contributed by atoms with van der Waals surface area (Å²) in [5.74, 6) is 0.824. The Kier molecular flexibility index (Phi) is 6.11. The molecule has 0 saturated carbocycles. The standard InChI is InChI=1S/C23H28N4O3S/c1-3-26-22(24-27(23(26)28)17-19-7-5-4-6-8-19)20-13-15-25(16-14-20)31(29,30)21-11-9-18(2)10-12-21/h4-12,20H,3,13-17H2,1-2H3. The highest BCUT2D eigenvalue weighted by Gasteiger charge is 2.32. The Bertz CT molecular complexity index is 1190. The van der Waals surface area contributed by atoms with Gasteiger partial charge in [0.2, 0.25) is 10.0 Å². The number of aromatic nitrogens is 3. The molecule has 0 radical (unpaired) electrons. The lowest BCUT2D eigenvalue weighted by molar-refractivity contribution is 0.308. The molecule has 1 aliphatic rings. The van der Waals surface area contributed by atoms with Crippen molar-refractivity contribution in [2.45, 2.75) is 50.6 Å². The highest BCUT2D eigenvalue weighted by Crippen LogP contribution is 2.29. The number of hydrogen-bond donors (Lipinski definition) is 0. The fourth-order valence-corrected chi connectivity index (χ4v) is 5.60. The Labute approximate surface area is 183 Å². The third-order valence-corrected chi connectivity index (χ3v) is 7.83. The lowest BCUT2D eigenvalue weighted by Gasteiger charge is -2.30. The quantitative estimate of drug-likeness (QED) is 0.590. The van der Waals surface area contributed by atoms with E-state index in [9.17, 15) is 13.2 Å². The van der Waals surface area contributed by atoms with Crippen LogP contribution in [0.5, 0.6) is 0 Å². The molecule has 1 aliphatic heterocycles. The molecule has 0 spiro atoms. The van der Waals surface area contributed by atoms with Crippen LogP contribution in [0.15, 0.2) is 64.3 Å². The fraction of sp³-hybridized carbons (Fsp3) is 0.391. The number of sulfonamides is 1. The molecule has 1 saturated heterocycles. The first-order valence-corrected chi connectivity index (χ1v) is 12.1. The smallest absolute Gasteiger partial charge is 0.279 e. The van der Waals surface area contributed by atoms with Gasteiger partial charge in [0.15, 0.2) is 0 Å². The van der Waals surface area contributed by atoms with Gasteiger partial charge in [-0.05, 0) is 44.4 Å². The van der Waals surface area contributed by atoms with Gasteiger partial charge in [-0.1, -0.05) is 48.0 Å². The molecule has 0 amide bonds. The zero-order chi connectivity index (χ0) is 22.0. The van der Waals surface area contributed by atoms with Crippen molar-refractivity contribution in [3.05, 3.63) is 82.0 Å². The maximum absolute atomic E-state index is 13.0. The van der Waals surface area contributed by atoms with Gasteiger partial charge in [0, 0.05) is 25.6 Å². The average Bonchev–Trinajstić information content (AvgIpc) is 3.10. The zero-order valence-corrected chi connectivity index (χ0v) is 18.8. The van der Waals surface area contributed by atoms with E-state index >= 15 is 0 Å². The molecule has 1 aromatic heterocycles. The van der Waals surface area contributed by atoms with Crippen LogP contribution in [0.25, 0.3) is 0 Å². The molecule has 2 heterocycles. The minimum Gasteiger partial charge on any atom is -0.279 e. The van der Waals surface area contributed by atoms with Crippen LogP contribution >= 0.6 is 0 Å². The van der Waals surface area contributed by atoms with Gasteiger partial charge in [-0.25, -0.2) is 17.9 Å². The van der Waals surface area contributed by atoms with E-state index in [1.165, 1.54) is 4.68 Å². The van der Waals surface area contributed by atoms with Crippen molar-refractivity contribution < 1.29 is 8.42 Å². The van der Waals surface area contributed by atoms with Crippen molar-refractivity contribution in [3.8, 4) is 0 Å². The molecular formula is C23H28N4O3S. The predicted octanol–water partition coefficient (Wildman–Crippen LogP) is 2.99. The van der Waals surface area contributed by atoms with Gasteiger partial charge in [0.25, 0.3) is 0 Å². The van der Waals surface area contributed by atoms with Gasteiger partial charge in [0.1, 0.15) is 5.82 Å². The summed E-state index contributed by atoms with van der Waals surface area (Å²) in [5, 5.41) is 4.65. The van der Waals surface area contributed by atoms with Gasteiger partial charge in [-0.3, -0.25) is 4.57 Å². The highest BCUT2D eigenvalue weighted by molar-refractivity contribution is 7.89. The normalized spacial score (nSPS) is 15.9. The molecule has 0 unspecified atom stereocenters. The van der Waals surface area contributed by atoms with Crippen molar-refractivity contribution in [2.75, 3.05) is 13.1 Å². The van der Waals surface area contributed by atoms with E-state index < -0.39 is 10.0 Å². The molecule has 3 aromatic rings. The van der Waals surface area contributed by atoms with Crippen molar-refractivity contribution in [1.29, 1.82) is 0 Å². The summed E-state index contributed by atoms with van der Waals surface area (Å²) in [6, 6.07) is 16.8. The van der Waals surface area contributed by atoms with E-state index in [0.29, 0.717) is 43.9 Å². The molecule has 164 valence electrons. The number of nitrogens with zero attached hydrogens (tertiary/aromatic N) is 4. The van der Waals surface area contributed by atoms with Gasteiger partial charge < -0.3 is 0 Å². The molecule has 0 N–H and O–H groups in total.